The Morgan fingerprint density at radius 1 is 1.35 bits per heavy atom. The van der Waals surface area contributed by atoms with Crippen molar-refractivity contribution in [1.82, 2.24) is 9.21 Å². The van der Waals surface area contributed by atoms with Crippen LogP contribution in [0.3, 0.4) is 0 Å². The zero-order valence-electron chi connectivity index (χ0n) is 15.1. The number of amides is 1. The van der Waals surface area contributed by atoms with Crippen molar-refractivity contribution in [2.45, 2.75) is 24.7 Å². The Bertz CT molecular complexity index is 794. The summed E-state index contributed by atoms with van der Waals surface area (Å²) in [5.41, 5.74) is 0.110. The van der Waals surface area contributed by atoms with Crippen LogP contribution in [-0.2, 0) is 19.6 Å². The second-order valence-corrected chi connectivity index (χ2v) is 8.83. The summed E-state index contributed by atoms with van der Waals surface area (Å²) in [6.45, 7) is 2.74. The van der Waals surface area contributed by atoms with E-state index in [2.05, 4.69) is 0 Å². The molecule has 26 heavy (non-hydrogen) atoms. The van der Waals surface area contributed by atoms with E-state index in [1.807, 2.05) is 0 Å². The molecule has 7 nitrogen and oxygen atoms in total. The molecule has 2 rings (SSSR count). The summed E-state index contributed by atoms with van der Waals surface area (Å²) >= 11 is 6.14. The van der Waals surface area contributed by atoms with Crippen LogP contribution in [0.5, 0.6) is 0 Å². The maximum absolute atomic E-state index is 12.9. The summed E-state index contributed by atoms with van der Waals surface area (Å²) < 4.78 is 30.7. The summed E-state index contributed by atoms with van der Waals surface area (Å²) in [6.07, 6.45) is 1.33. The first-order valence-electron chi connectivity index (χ1n) is 8.36. The predicted octanol–water partition coefficient (Wildman–Crippen LogP) is 2.01. The van der Waals surface area contributed by atoms with E-state index < -0.39 is 10.0 Å². The predicted molar refractivity (Wildman–Crippen MR) is 97.6 cm³/mol. The first-order valence-corrected chi connectivity index (χ1v) is 10.2. The van der Waals surface area contributed by atoms with E-state index in [0.29, 0.717) is 26.0 Å². The number of piperidine rings is 1. The molecule has 1 amide bonds. The Balaban J connectivity index is 2.27. The van der Waals surface area contributed by atoms with E-state index in [9.17, 15) is 18.0 Å². The number of nitrogens with zero attached hydrogens (tertiary/aromatic N) is 2. The molecule has 0 aliphatic carbocycles. The van der Waals surface area contributed by atoms with Crippen LogP contribution < -0.4 is 0 Å². The first-order chi connectivity index (χ1) is 12.2. The maximum Gasteiger partial charge on any atom is 0.310 e. The number of carbonyl (C=O) groups is 2. The maximum atomic E-state index is 12.9. The fourth-order valence-electron chi connectivity index (χ4n) is 2.82. The highest BCUT2D eigenvalue weighted by Crippen LogP contribution is 2.26. The highest BCUT2D eigenvalue weighted by Gasteiger charge is 2.31. The smallest absolute Gasteiger partial charge is 0.310 e. The monoisotopic (exact) mass is 402 g/mol. The molecule has 0 aromatic heterocycles. The van der Waals surface area contributed by atoms with Crippen molar-refractivity contribution in [3.8, 4) is 0 Å². The third-order valence-electron chi connectivity index (χ3n) is 4.28. The molecule has 1 aliphatic heterocycles. The molecule has 0 saturated carbocycles. The summed E-state index contributed by atoms with van der Waals surface area (Å²) in [6, 6.07) is 4.05. The van der Waals surface area contributed by atoms with Gasteiger partial charge in [-0.25, -0.2) is 12.7 Å². The largest absolute Gasteiger partial charge is 0.466 e. The van der Waals surface area contributed by atoms with Crippen LogP contribution in [-0.4, -0.2) is 63.3 Å². The van der Waals surface area contributed by atoms with Crippen LogP contribution in [0.1, 0.15) is 30.1 Å². The van der Waals surface area contributed by atoms with Crippen LogP contribution in [0.2, 0.25) is 5.02 Å². The summed E-state index contributed by atoms with van der Waals surface area (Å²) in [4.78, 5) is 26.4. The van der Waals surface area contributed by atoms with Gasteiger partial charge in [0.15, 0.2) is 0 Å². The first kappa shape index (κ1) is 20.7. The van der Waals surface area contributed by atoms with Gasteiger partial charge in [0.25, 0.3) is 5.91 Å². The Morgan fingerprint density at radius 3 is 2.65 bits per heavy atom. The summed E-state index contributed by atoms with van der Waals surface area (Å²) in [5, 5.41) is 0.172. The number of halogens is 1. The fourth-order valence-corrected chi connectivity index (χ4v) is 3.95. The third kappa shape index (κ3) is 4.36. The molecular formula is C17H23ClN2O5S. The van der Waals surface area contributed by atoms with Gasteiger partial charge >= 0.3 is 5.97 Å². The lowest BCUT2D eigenvalue weighted by Crippen LogP contribution is -2.43. The quantitative estimate of drug-likeness (QED) is 0.703. The summed E-state index contributed by atoms with van der Waals surface area (Å²) in [5.74, 6) is -1.08. The highest BCUT2D eigenvalue weighted by atomic mass is 35.5. The van der Waals surface area contributed by atoms with Crippen molar-refractivity contribution in [2.75, 3.05) is 33.8 Å². The minimum atomic E-state index is -3.68. The van der Waals surface area contributed by atoms with Gasteiger partial charge in [0.2, 0.25) is 10.0 Å². The van der Waals surface area contributed by atoms with Gasteiger partial charge in [0, 0.05) is 27.2 Å². The van der Waals surface area contributed by atoms with Crippen molar-refractivity contribution in [3.63, 3.8) is 0 Å². The van der Waals surface area contributed by atoms with Gasteiger partial charge in [-0.05, 0) is 38.0 Å². The second-order valence-electron chi connectivity index (χ2n) is 6.27. The average molecular weight is 403 g/mol. The number of likely N-dealkylation sites (tertiary alicyclic amines) is 1. The van der Waals surface area contributed by atoms with Gasteiger partial charge in [-0.3, -0.25) is 9.59 Å². The van der Waals surface area contributed by atoms with E-state index in [-0.39, 0.29) is 39.8 Å². The molecule has 0 radical (unpaired) electrons. The van der Waals surface area contributed by atoms with E-state index in [4.69, 9.17) is 16.3 Å². The molecule has 1 aliphatic rings. The molecule has 0 spiro atoms. The van der Waals surface area contributed by atoms with Crippen molar-refractivity contribution in [3.05, 3.63) is 28.8 Å². The normalized spacial score (nSPS) is 18.0. The number of sulfonamides is 1. The van der Waals surface area contributed by atoms with Gasteiger partial charge in [0.05, 0.1) is 28.0 Å². The molecule has 9 heteroatoms. The van der Waals surface area contributed by atoms with Crippen LogP contribution in [0, 0.1) is 5.92 Å². The molecule has 1 heterocycles. The molecule has 1 atom stereocenters. The Labute approximate surface area is 158 Å². The van der Waals surface area contributed by atoms with Crippen LogP contribution in [0.15, 0.2) is 23.1 Å². The molecule has 0 unspecified atom stereocenters. The number of benzene rings is 1. The SMILES string of the molecule is CCOC(=O)[C@H]1CCCN(C(=O)c2cc(S(=O)(=O)N(C)C)ccc2Cl)C1. The molecule has 1 saturated heterocycles. The molecular weight excluding hydrogens is 380 g/mol. The molecule has 1 aromatic carbocycles. The second kappa shape index (κ2) is 8.37. The van der Waals surface area contributed by atoms with Crippen molar-refractivity contribution in [2.24, 2.45) is 5.92 Å². The standard InChI is InChI=1S/C17H23ClN2O5S/c1-4-25-17(22)12-6-5-9-20(11-12)16(21)14-10-13(7-8-15(14)18)26(23,24)19(2)3/h7-8,10,12H,4-6,9,11H2,1-3H3/t12-/m0/s1. The Kier molecular flexibility index (Phi) is 6.65. The number of hydrogen-bond donors (Lipinski definition) is 0. The van der Waals surface area contributed by atoms with Crippen LogP contribution in [0.4, 0.5) is 0 Å². The van der Waals surface area contributed by atoms with E-state index in [1.165, 1.54) is 37.2 Å². The lowest BCUT2D eigenvalue weighted by Gasteiger charge is -2.31. The molecule has 0 bridgehead atoms. The van der Waals surface area contributed by atoms with Gasteiger partial charge in [-0.15, -0.1) is 0 Å². The molecule has 1 aromatic rings. The van der Waals surface area contributed by atoms with Gasteiger partial charge in [-0.2, -0.15) is 0 Å². The van der Waals surface area contributed by atoms with Gasteiger partial charge < -0.3 is 9.64 Å². The number of rotatable bonds is 5. The summed E-state index contributed by atoms with van der Waals surface area (Å²) in [7, 11) is -0.849. The van der Waals surface area contributed by atoms with Crippen molar-refractivity contribution >= 4 is 33.5 Å². The lowest BCUT2D eigenvalue weighted by molar-refractivity contribution is -0.149. The van der Waals surface area contributed by atoms with Crippen molar-refractivity contribution < 1.29 is 22.7 Å². The molecule has 0 N–H and O–H groups in total. The minimum absolute atomic E-state index is 0.00537. The molecule has 144 valence electrons. The number of ether oxygens (including phenoxy) is 1. The minimum Gasteiger partial charge on any atom is -0.466 e. The zero-order chi connectivity index (χ0) is 19.5. The van der Waals surface area contributed by atoms with Crippen molar-refractivity contribution in [1.29, 1.82) is 0 Å². The Morgan fingerprint density at radius 2 is 2.04 bits per heavy atom. The van der Waals surface area contributed by atoms with Gasteiger partial charge in [-0.1, -0.05) is 11.6 Å². The highest BCUT2D eigenvalue weighted by molar-refractivity contribution is 7.89. The van der Waals surface area contributed by atoms with E-state index in [1.54, 1.807) is 6.92 Å². The fraction of sp³-hybridized carbons (Fsp3) is 0.529. The lowest BCUT2D eigenvalue weighted by atomic mass is 9.97. The van der Waals surface area contributed by atoms with Crippen LogP contribution in [0.25, 0.3) is 0 Å². The number of hydrogen-bond acceptors (Lipinski definition) is 5. The third-order valence-corrected chi connectivity index (χ3v) is 6.42. The number of esters is 1. The van der Waals surface area contributed by atoms with E-state index in [0.717, 1.165) is 4.31 Å². The molecule has 1 fully saturated rings. The number of carbonyl (C=O) groups excluding carboxylic acids is 2. The van der Waals surface area contributed by atoms with Crippen LogP contribution >= 0.6 is 11.6 Å². The Hall–Kier alpha value is -1.64. The van der Waals surface area contributed by atoms with Gasteiger partial charge in [0.1, 0.15) is 0 Å². The topological polar surface area (TPSA) is 84.0 Å². The average Bonchev–Trinajstić information content (AvgIpc) is 2.61. The van der Waals surface area contributed by atoms with E-state index >= 15 is 0 Å². The zero-order valence-corrected chi connectivity index (χ0v) is 16.6.